The molecule has 0 aliphatic rings. The van der Waals surface area contributed by atoms with E-state index in [0.717, 1.165) is 15.8 Å². The zero-order valence-electron chi connectivity index (χ0n) is 11.7. The molecule has 1 aromatic heterocycles. The van der Waals surface area contributed by atoms with Crippen LogP contribution in [-0.2, 0) is 10.0 Å². The summed E-state index contributed by atoms with van der Waals surface area (Å²) < 4.78 is 28.1. The maximum Gasteiger partial charge on any atom is 0.261 e. The van der Waals surface area contributed by atoms with Crippen LogP contribution in [0, 0.1) is 6.92 Å². The highest BCUT2D eigenvalue weighted by Gasteiger charge is 2.14. The lowest BCUT2D eigenvalue weighted by Gasteiger charge is -2.08. The predicted molar refractivity (Wildman–Crippen MR) is 89.4 cm³/mol. The number of hydrazine groups is 1. The first-order valence-electron chi connectivity index (χ1n) is 6.45. The Balaban J connectivity index is 1.92. The van der Waals surface area contributed by atoms with Gasteiger partial charge in [0.05, 0.1) is 20.8 Å². The van der Waals surface area contributed by atoms with Gasteiger partial charge >= 0.3 is 0 Å². The summed E-state index contributed by atoms with van der Waals surface area (Å²) in [5.41, 5.74) is 4.74. The lowest BCUT2D eigenvalue weighted by molar-refractivity contribution is 0.601. The van der Waals surface area contributed by atoms with Crippen LogP contribution in [0.1, 0.15) is 5.56 Å². The second kappa shape index (κ2) is 5.56. The fraction of sp³-hybridized carbons (Fsp3) is 0.0714. The molecule has 0 saturated carbocycles. The van der Waals surface area contributed by atoms with Crippen LogP contribution in [0.2, 0.25) is 0 Å². The van der Waals surface area contributed by atoms with E-state index in [1.54, 1.807) is 42.5 Å². The molecular weight excluding hydrogens is 320 g/mol. The number of fused-ring (bicyclic) bond motifs is 1. The molecule has 114 valence electrons. The molecule has 0 radical (unpaired) electrons. The number of sulfonamides is 1. The number of aromatic nitrogens is 1. The molecule has 8 heteroatoms. The molecule has 4 N–H and O–H groups in total. The summed E-state index contributed by atoms with van der Waals surface area (Å²) in [6, 6.07) is 11.9. The van der Waals surface area contributed by atoms with E-state index in [-0.39, 0.29) is 4.90 Å². The predicted octanol–water partition coefficient (Wildman–Crippen LogP) is 2.69. The van der Waals surface area contributed by atoms with Gasteiger partial charge in [0, 0.05) is 0 Å². The van der Waals surface area contributed by atoms with Crippen molar-refractivity contribution in [3.05, 3.63) is 48.0 Å². The number of nitrogens with zero attached hydrogens (tertiary/aromatic N) is 1. The van der Waals surface area contributed by atoms with E-state index in [1.165, 1.54) is 11.3 Å². The van der Waals surface area contributed by atoms with Crippen LogP contribution in [0.25, 0.3) is 10.2 Å². The van der Waals surface area contributed by atoms with Crippen molar-refractivity contribution in [1.29, 1.82) is 0 Å². The molecular formula is C14H14N4O2S2. The van der Waals surface area contributed by atoms with E-state index in [9.17, 15) is 8.42 Å². The molecule has 0 atom stereocenters. The van der Waals surface area contributed by atoms with Crippen molar-refractivity contribution in [2.24, 2.45) is 5.84 Å². The molecule has 3 aromatic rings. The average molecular weight is 334 g/mol. The Labute approximate surface area is 132 Å². The van der Waals surface area contributed by atoms with Gasteiger partial charge in [0.25, 0.3) is 10.0 Å². The third-order valence-corrected chi connectivity index (χ3v) is 5.44. The molecule has 0 aliphatic carbocycles. The van der Waals surface area contributed by atoms with Gasteiger partial charge in [-0.15, -0.1) is 0 Å². The number of benzene rings is 2. The fourth-order valence-corrected chi connectivity index (χ4v) is 3.85. The smallest absolute Gasteiger partial charge is 0.261 e. The van der Waals surface area contributed by atoms with Crippen molar-refractivity contribution in [3.8, 4) is 0 Å². The lowest BCUT2D eigenvalue weighted by Crippen LogP contribution is -2.12. The normalized spacial score (nSPS) is 11.5. The fourth-order valence-electron chi connectivity index (χ4n) is 1.98. The van der Waals surface area contributed by atoms with E-state index in [4.69, 9.17) is 5.84 Å². The first-order chi connectivity index (χ1) is 10.5. The highest BCUT2D eigenvalue weighted by atomic mass is 32.2. The van der Waals surface area contributed by atoms with Crippen LogP contribution in [0.15, 0.2) is 47.4 Å². The molecule has 0 saturated heterocycles. The number of nitrogens with two attached hydrogens (primary N) is 1. The van der Waals surface area contributed by atoms with Gasteiger partial charge in [-0.2, -0.15) is 0 Å². The van der Waals surface area contributed by atoms with Crippen molar-refractivity contribution in [3.63, 3.8) is 0 Å². The molecule has 0 amide bonds. The number of anilines is 2. The number of nitrogen functional groups attached to an aromatic ring is 1. The summed E-state index contributed by atoms with van der Waals surface area (Å²) in [5, 5.41) is 0.577. The number of hydrogen-bond acceptors (Lipinski definition) is 6. The maximum absolute atomic E-state index is 12.4. The van der Waals surface area contributed by atoms with Crippen molar-refractivity contribution >= 4 is 42.4 Å². The van der Waals surface area contributed by atoms with Gasteiger partial charge in [-0.25, -0.2) is 19.2 Å². The Kier molecular flexibility index (Phi) is 3.73. The number of rotatable bonds is 4. The maximum atomic E-state index is 12.4. The van der Waals surface area contributed by atoms with Gasteiger partial charge in [-0.05, 0) is 37.3 Å². The molecule has 2 aromatic carbocycles. The molecule has 0 bridgehead atoms. The molecule has 22 heavy (non-hydrogen) atoms. The SMILES string of the molecule is Cc1ccc(S(=O)(=O)Nc2ccc3nc(NN)sc3c2)cc1. The molecule has 0 aliphatic heterocycles. The van der Waals surface area contributed by atoms with Crippen LogP contribution in [0.5, 0.6) is 0 Å². The third-order valence-electron chi connectivity index (χ3n) is 3.10. The Morgan fingerprint density at radius 3 is 2.55 bits per heavy atom. The van der Waals surface area contributed by atoms with E-state index in [0.29, 0.717) is 10.8 Å². The van der Waals surface area contributed by atoms with Crippen molar-refractivity contribution < 1.29 is 8.42 Å². The summed E-state index contributed by atoms with van der Waals surface area (Å²) in [6.45, 7) is 1.91. The third kappa shape index (κ3) is 2.89. The van der Waals surface area contributed by atoms with Gasteiger partial charge < -0.3 is 0 Å². The van der Waals surface area contributed by atoms with Gasteiger partial charge in [-0.3, -0.25) is 10.1 Å². The number of nitrogens with one attached hydrogen (secondary N) is 2. The molecule has 0 unspecified atom stereocenters. The van der Waals surface area contributed by atoms with Crippen LogP contribution in [-0.4, -0.2) is 13.4 Å². The molecule has 1 heterocycles. The van der Waals surface area contributed by atoms with Crippen LogP contribution >= 0.6 is 11.3 Å². The summed E-state index contributed by atoms with van der Waals surface area (Å²) >= 11 is 1.35. The summed E-state index contributed by atoms with van der Waals surface area (Å²) in [4.78, 5) is 4.47. The average Bonchev–Trinajstić information content (AvgIpc) is 2.89. The van der Waals surface area contributed by atoms with Gasteiger partial charge in [0.1, 0.15) is 0 Å². The Morgan fingerprint density at radius 2 is 1.86 bits per heavy atom. The Hall–Kier alpha value is -2.16. The summed E-state index contributed by atoms with van der Waals surface area (Å²) in [6.07, 6.45) is 0. The van der Waals surface area contributed by atoms with Gasteiger partial charge in [0.2, 0.25) is 0 Å². The second-order valence-corrected chi connectivity index (χ2v) is 7.48. The molecule has 3 rings (SSSR count). The minimum absolute atomic E-state index is 0.229. The van der Waals surface area contributed by atoms with Crippen LogP contribution in [0.4, 0.5) is 10.8 Å². The zero-order valence-corrected chi connectivity index (χ0v) is 13.3. The first kappa shape index (κ1) is 14.8. The molecule has 0 spiro atoms. The van der Waals surface area contributed by atoms with Crippen molar-refractivity contribution in [2.75, 3.05) is 10.1 Å². The monoisotopic (exact) mass is 334 g/mol. The minimum Gasteiger partial charge on any atom is -0.300 e. The van der Waals surface area contributed by atoms with Crippen LogP contribution in [0.3, 0.4) is 0 Å². The lowest BCUT2D eigenvalue weighted by atomic mass is 10.2. The number of thiazole rings is 1. The largest absolute Gasteiger partial charge is 0.300 e. The minimum atomic E-state index is -3.60. The topological polar surface area (TPSA) is 97.1 Å². The highest BCUT2D eigenvalue weighted by molar-refractivity contribution is 7.92. The standard InChI is InChI=1S/C14H14N4O2S2/c1-9-2-5-11(6-3-9)22(19,20)18-10-4-7-12-13(8-10)21-14(16-12)17-15/h2-8,18H,15H2,1H3,(H,16,17). The first-order valence-corrected chi connectivity index (χ1v) is 8.74. The molecule has 6 nitrogen and oxygen atoms in total. The van der Waals surface area contributed by atoms with E-state index < -0.39 is 10.0 Å². The van der Waals surface area contributed by atoms with Gasteiger partial charge in [-0.1, -0.05) is 29.0 Å². The Bertz CT molecular complexity index is 918. The second-order valence-electron chi connectivity index (χ2n) is 4.76. The zero-order chi connectivity index (χ0) is 15.7. The van der Waals surface area contributed by atoms with E-state index >= 15 is 0 Å². The van der Waals surface area contributed by atoms with Gasteiger partial charge in [0.15, 0.2) is 5.13 Å². The van der Waals surface area contributed by atoms with Crippen LogP contribution < -0.4 is 16.0 Å². The quantitative estimate of drug-likeness (QED) is 0.503. The molecule has 0 fully saturated rings. The van der Waals surface area contributed by atoms with Crippen molar-refractivity contribution in [1.82, 2.24) is 4.98 Å². The highest BCUT2D eigenvalue weighted by Crippen LogP contribution is 2.28. The number of hydrogen-bond donors (Lipinski definition) is 3. The van der Waals surface area contributed by atoms with Crippen molar-refractivity contribution in [2.45, 2.75) is 11.8 Å². The summed E-state index contributed by atoms with van der Waals surface area (Å²) in [5.74, 6) is 5.33. The van der Waals surface area contributed by atoms with E-state index in [2.05, 4.69) is 15.1 Å². The Morgan fingerprint density at radius 1 is 1.14 bits per heavy atom. The number of aryl methyl sites for hydroxylation is 1. The van der Waals surface area contributed by atoms with E-state index in [1.807, 2.05) is 6.92 Å². The summed E-state index contributed by atoms with van der Waals surface area (Å²) in [7, 11) is -3.60.